The van der Waals surface area contributed by atoms with Crippen LogP contribution in [0.25, 0.3) is 0 Å². The third kappa shape index (κ3) is 4.35. The maximum atomic E-state index is 12.6. The highest BCUT2D eigenvalue weighted by Gasteiger charge is 2.31. The Morgan fingerprint density at radius 2 is 2.14 bits per heavy atom. The molecule has 116 valence electrons. The van der Waals surface area contributed by atoms with E-state index in [-0.39, 0.29) is 30.0 Å². The van der Waals surface area contributed by atoms with Gasteiger partial charge in [-0.15, -0.1) is 12.4 Å². The highest BCUT2D eigenvalue weighted by Crippen LogP contribution is 2.31. The maximum Gasteiger partial charge on any atom is 0.227 e. The minimum absolute atomic E-state index is 0. The molecule has 1 aromatic carbocycles. The minimum atomic E-state index is 0. The summed E-state index contributed by atoms with van der Waals surface area (Å²) in [6.07, 6.45) is 3.43. The van der Waals surface area contributed by atoms with Crippen LogP contribution in [0, 0.1) is 11.8 Å². The lowest BCUT2D eigenvalue weighted by molar-refractivity contribution is -0.135. The first-order valence-electron chi connectivity index (χ1n) is 7.50. The van der Waals surface area contributed by atoms with E-state index < -0.39 is 0 Å². The molecular formula is C16H23ClN2O2. The summed E-state index contributed by atoms with van der Waals surface area (Å²) in [7, 11) is 0. The van der Waals surface area contributed by atoms with Gasteiger partial charge in [0, 0.05) is 19.6 Å². The SMILES string of the molecule is Cl.O=C(C1CCNC1)N(Cc1cccc(O)c1)CC1CC1. The number of halogens is 1. The smallest absolute Gasteiger partial charge is 0.227 e. The van der Waals surface area contributed by atoms with E-state index >= 15 is 0 Å². The number of carbonyl (C=O) groups is 1. The van der Waals surface area contributed by atoms with Gasteiger partial charge >= 0.3 is 0 Å². The molecule has 1 aliphatic carbocycles. The molecule has 5 heteroatoms. The van der Waals surface area contributed by atoms with Crippen LogP contribution in [0.4, 0.5) is 0 Å². The van der Waals surface area contributed by atoms with Gasteiger partial charge < -0.3 is 15.3 Å². The van der Waals surface area contributed by atoms with Gasteiger partial charge in [0.1, 0.15) is 5.75 Å². The van der Waals surface area contributed by atoms with E-state index in [1.165, 1.54) is 12.8 Å². The van der Waals surface area contributed by atoms with E-state index in [0.29, 0.717) is 12.5 Å². The Morgan fingerprint density at radius 1 is 1.33 bits per heavy atom. The molecule has 2 fully saturated rings. The summed E-state index contributed by atoms with van der Waals surface area (Å²) >= 11 is 0. The van der Waals surface area contributed by atoms with Gasteiger partial charge in [-0.3, -0.25) is 4.79 Å². The number of benzene rings is 1. The van der Waals surface area contributed by atoms with Crippen molar-refractivity contribution in [2.75, 3.05) is 19.6 Å². The van der Waals surface area contributed by atoms with Gasteiger partial charge in [0.25, 0.3) is 0 Å². The Hall–Kier alpha value is -1.26. The molecule has 1 atom stereocenters. The predicted octanol–water partition coefficient (Wildman–Crippen LogP) is 2.16. The Bertz CT molecular complexity index is 485. The maximum absolute atomic E-state index is 12.6. The van der Waals surface area contributed by atoms with Gasteiger partial charge in [-0.25, -0.2) is 0 Å². The molecule has 0 radical (unpaired) electrons. The van der Waals surface area contributed by atoms with Gasteiger partial charge in [-0.1, -0.05) is 12.1 Å². The summed E-state index contributed by atoms with van der Waals surface area (Å²) < 4.78 is 0. The molecule has 3 rings (SSSR count). The Balaban J connectivity index is 0.00000161. The zero-order valence-electron chi connectivity index (χ0n) is 12.1. The molecule has 0 aromatic heterocycles. The van der Waals surface area contributed by atoms with E-state index in [1.807, 2.05) is 17.0 Å². The number of carbonyl (C=O) groups excluding carboxylic acids is 1. The minimum Gasteiger partial charge on any atom is -0.508 e. The van der Waals surface area contributed by atoms with Crippen LogP contribution in [0.2, 0.25) is 0 Å². The van der Waals surface area contributed by atoms with Crippen LogP contribution < -0.4 is 5.32 Å². The average Bonchev–Trinajstić information content (AvgIpc) is 3.08. The number of nitrogens with zero attached hydrogens (tertiary/aromatic N) is 1. The molecular weight excluding hydrogens is 288 g/mol. The summed E-state index contributed by atoms with van der Waals surface area (Å²) in [5.41, 5.74) is 1.00. The molecule has 1 saturated carbocycles. The second-order valence-corrected chi connectivity index (χ2v) is 6.02. The molecule has 0 bridgehead atoms. The van der Waals surface area contributed by atoms with Crippen molar-refractivity contribution >= 4 is 18.3 Å². The first-order chi connectivity index (χ1) is 9.72. The Labute approximate surface area is 131 Å². The van der Waals surface area contributed by atoms with Crippen molar-refractivity contribution in [3.63, 3.8) is 0 Å². The van der Waals surface area contributed by atoms with Crippen molar-refractivity contribution in [2.45, 2.75) is 25.8 Å². The summed E-state index contributed by atoms with van der Waals surface area (Å²) in [6, 6.07) is 7.22. The van der Waals surface area contributed by atoms with Gasteiger partial charge in [0.15, 0.2) is 0 Å². The third-order valence-electron chi connectivity index (χ3n) is 4.18. The molecule has 1 saturated heterocycles. The summed E-state index contributed by atoms with van der Waals surface area (Å²) in [5.74, 6) is 1.35. The van der Waals surface area contributed by atoms with Crippen molar-refractivity contribution in [1.29, 1.82) is 0 Å². The standard InChI is InChI=1S/C16H22N2O2.ClH/c19-15-3-1-2-13(8-15)11-18(10-12-4-5-12)16(20)14-6-7-17-9-14;/h1-3,8,12,14,17,19H,4-7,9-11H2;1H. The number of amides is 1. The van der Waals surface area contributed by atoms with E-state index in [1.54, 1.807) is 12.1 Å². The van der Waals surface area contributed by atoms with Crippen LogP contribution in [0.15, 0.2) is 24.3 Å². The fourth-order valence-corrected chi connectivity index (χ4v) is 2.84. The first kappa shape index (κ1) is 16.1. The molecule has 1 amide bonds. The molecule has 1 aromatic rings. The second-order valence-electron chi connectivity index (χ2n) is 6.02. The molecule has 2 N–H and O–H groups in total. The Kier molecular flexibility index (Phi) is 5.48. The van der Waals surface area contributed by atoms with Gasteiger partial charge in [0.2, 0.25) is 5.91 Å². The summed E-state index contributed by atoms with van der Waals surface area (Å²) in [6.45, 7) is 3.23. The van der Waals surface area contributed by atoms with E-state index in [9.17, 15) is 9.90 Å². The molecule has 1 heterocycles. The highest BCUT2D eigenvalue weighted by molar-refractivity contribution is 5.85. The fraction of sp³-hybridized carbons (Fsp3) is 0.562. The number of aromatic hydroxyl groups is 1. The number of hydrogen-bond donors (Lipinski definition) is 2. The van der Waals surface area contributed by atoms with Crippen LogP contribution in [0.3, 0.4) is 0 Å². The third-order valence-corrected chi connectivity index (χ3v) is 4.18. The van der Waals surface area contributed by atoms with Crippen molar-refractivity contribution in [1.82, 2.24) is 10.2 Å². The summed E-state index contributed by atoms with van der Waals surface area (Å²) in [4.78, 5) is 14.6. The normalized spacial score (nSPS) is 20.9. The number of phenols is 1. The van der Waals surface area contributed by atoms with E-state index in [4.69, 9.17) is 0 Å². The number of phenolic OH excluding ortho intramolecular Hbond substituents is 1. The lowest BCUT2D eigenvalue weighted by Crippen LogP contribution is -2.38. The molecule has 4 nitrogen and oxygen atoms in total. The molecule has 2 aliphatic rings. The molecule has 1 unspecified atom stereocenters. The van der Waals surface area contributed by atoms with Crippen LogP contribution >= 0.6 is 12.4 Å². The monoisotopic (exact) mass is 310 g/mol. The number of rotatable bonds is 5. The van der Waals surface area contributed by atoms with Crippen LogP contribution in [0.1, 0.15) is 24.8 Å². The largest absolute Gasteiger partial charge is 0.508 e. The highest BCUT2D eigenvalue weighted by atomic mass is 35.5. The average molecular weight is 311 g/mol. The van der Waals surface area contributed by atoms with Crippen molar-refractivity contribution in [2.24, 2.45) is 11.8 Å². The molecule has 0 spiro atoms. The zero-order chi connectivity index (χ0) is 13.9. The zero-order valence-corrected chi connectivity index (χ0v) is 12.9. The molecule has 21 heavy (non-hydrogen) atoms. The van der Waals surface area contributed by atoms with E-state index in [0.717, 1.165) is 31.6 Å². The van der Waals surface area contributed by atoms with Crippen molar-refractivity contribution in [3.05, 3.63) is 29.8 Å². The number of hydrogen-bond acceptors (Lipinski definition) is 3. The van der Waals surface area contributed by atoms with Crippen molar-refractivity contribution < 1.29 is 9.90 Å². The van der Waals surface area contributed by atoms with E-state index in [2.05, 4.69) is 5.32 Å². The first-order valence-corrected chi connectivity index (χ1v) is 7.50. The van der Waals surface area contributed by atoms with Gasteiger partial charge in [-0.2, -0.15) is 0 Å². The predicted molar refractivity (Wildman–Crippen MR) is 84.5 cm³/mol. The lowest BCUT2D eigenvalue weighted by Gasteiger charge is -2.25. The van der Waals surface area contributed by atoms with Crippen molar-refractivity contribution in [3.8, 4) is 5.75 Å². The van der Waals surface area contributed by atoms with Gasteiger partial charge in [-0.05, 0) is 49.4 Å². The second kappa shape index (κ2) is 7.14. The number of nitrogens with one attached hydrogen (secondary N) is 1. The van der Waals surface area contributed by atoms with Crippen LogP contribution in [-0.2, 0) is 11.3 Å². The fourth-order valence-electron chi connectivity index (χ4n) is 2.84. The molecule has 1 aliphatic heterocycles. The quantitative estimate of drug-likeness (QED) is 0.876. The van der Waals surface area contributed by atoms with Crippen LogP contribution in [0.5, 0.6) is 5.75 Å². The Morgan fingerprint density at radius 3 is 2.76 bits per heavy atom. The van der Waals surface area contributed by atoms with Gasteiger partial charge in [0.05, 0.1) is 5.92 Å². The topological polar surface area (TPSA) is 52.6 Å². The summed E-state index contributed by atoms with van der Waals surface area (Å²) in [5, 5.41) is 12.8. The lowest BCUT2D eigenvalue weighted by atomic mass is 10.1. The van der Waals surface area contributed by atoms with Crippen LogP contribution in [-0.4, -0.2) is 35.5 Å².